The molecule has 0 N–H and O–H groups in total. The van der Waals surface area contributed by atoms with Crippen LogP contribution >= 0.6 is 0 Å². The number of para-hydroxylation sites is 5. The van der Waals surface area contributed by atoms with Crippen LogP contribution < -0.4 is 4.90 Å². The summed E-state index contributed by atoms with van der Waals surface area (Å²) in [7, 11) is 0. The number of allylic oxidation sites excluding steroid dienone is 1. The smallest absolute Gasteiger partial charge is 0.143 e. The van der Waals surface area contributed by atoms with E-state index in [-0.39, 0.29) is 0 Å². The van der Waals surface area contributed by atoms with Gasteiger partial charge in [-0.25, -0.2) is 0 Å². The highest BCUT2D eigenvalue weighted by atomic mass is 16.3. The predicted octanol–water partition coefficient (Wildman–Crippen LogP) is 16.2. The van der Waals surface area contributed by atoms with Gasteiger partial charge in [0.1, 0.15) is 11.2 Å². The van der Waals surface area contributed by atoms with Crippen molar-refractivity contribution in [3.05, 3.63) is 205 Å². The van der Waals surface area contributed by atoms with Gasteiger partial charge in [-0.3, -0.25) is 0 Å². The Morgan fingerprint density at radius 3 is 2.08 bits per heavy atom. The van der Waals surface area contributed by atoms with Gasteiger partial charge in [0, 0.05) is 44.4 Å². The predicted molar refractivity (Wildman–Crippen MR) is 256 cm³/mol. The maximum atomic E-state index is 6.52. The molecule has 10 aromatic rings. The zero-order valence-corrected chi connectivity index (χ0v) is 34.2. The van der Waals surface area contributed by atoms with E-state index in [0.29, 0.717) is 5.92 Å². The molecule has 12 rings (SSSR count). The third kappa shape index (κ3) is 6.02. The second-order valence-electron chi connectivity index (χ2n) is 17.0. The molecular weight excluding hydrogens is 741 g/mol. The molecular formula is C58H46N2O. The van der Waals surface area contributed by atoms with Gasteiger partial charge in [0.05, 0.1) is 16.9 Å². The molecule has 0 atom stereocenters. The molecule has 0 radical (unpaired) electrons. The zero-order valence-electron chi connectivity index (χ0n) is 34.2. The first-order valence-electron chi connectivity index (χ1n) is 22.1. The van der Waals surface area contributed by atoms with E-state index < -0.39 is 0 Å². The summed E-state index contributed by atoms with van der Waals surface area (Å²) in [5.41, 5.74) is 16.9. The maximum absolute atomic E-state index is 6.52. The van der Waals surface area contributed by atoms with Crippen LogP contribution in [-0.2, 0) is 6.42 Å². The molecule has 61 heavy (non-hydrogen) atoms. The van der Waals surface area contributed by atoms with Gasteiger partial charge in [0.25, 0.3) is 0 Å². The van der Waals surface area contributed by atoms with E-state index in [1.54, 1.807) is 0 Å². The number of rotatable bonds is 7. The lowest BCUT2D eigenvalue weighted by molar-refractivity contribution is 0.445. The highest BCUT2D eigenvalue weighted by Crippen LogP contribution is 2.47. The third-order valence-electron chi connectivity index (χ3n) is 13.5. The van der Waals surface area contributed by atoms with Crippen molar-refractivity contribution >= 4 is 61.1 Å². The first-order chi connectivity index (χ1) is 30.3. The van der Waals surface area contributed by atoms with Gasteiger partial charge in [-0.05, 0) is 113 Å². The van der Waals surface area contributed by atoms with Gasteiger partial charge in [-0.1, -0.05) is 159 Å². The van der Waals surface area contributed by atoms with Crippen LogP contribution in [0.15, 0.2) is 192 Å². The van der Waals surface area contributed by atoms with Gasteiger partial charge < -0.3 is 13.9 Å². The third-order valence-corrected chi connectivity index (χ3v) is 13.5. The number of anilines is 2. The molecule has 0 unspecified atom stereocenters. The summed E-state index contributed by atoms with van der Waals surface area (Å²) in [5.74, 6) is 0.588. The van der Waals surface area contributed by atoms with Gasteiger partial charge in [0.2, 0.25) is 0 Å². The SMILES string of the molecule is C1=C(N(c2ccc(-c3cccc4c3oc3ccccc34)cc2)c2ccccc2-c2cccc3cccc(C4CCCCC4)c23)CCc2c1n(-c1ccccc1)c1ccccc21. The lowest BCUT2D eigenvalue weighted by Crippen LogP contribution is -2.20. The van der Waals surface area contributed by atoms with Crippen LogP contribution in [0.25, 0.3) is 77.6 Å². The molecule has 2 aromatic heterocycles. The molecule has 0 aliphatic heterocycles. The number of aromatic nitrogens is 1. The highest BCUT2D eigenvalue weighted by Gasteiger charge is 2.28. The molecule has 0 spiro atoms. The molecule has 0 amide bonds. The van der Waals surface area contributed by atoms with Gasteiger partial charge in [-0.15, -0.1) is 0 Å². The number of benzene rings is 8. The van der Waals surface area contributed by atoms with Crippen molar-refractivity contribution < 1.29 is 4.42 Å². The van der Waals surface area contributed by atoms with Crippen LogP contribution in [0.3, 0.4) is 0 Å². The summed E-state index contributed by atoms with van der Waals surface area (Å²) in [5, 5.41) is 6.35. The minimum Gasteiger partial charge on any atom is -0.455 e. The molecule has 1 fully saturated rings. The maximum Gasteiger partial charge on any atom is 0.143 e. The van der Waals surface area contributed by atoms with Crippen LogP contribution in [0.5, 0.6) is 0 Å². The molecule has 3 nitrogen and oxygen atoms in total. The minimum atomic E-state index is 0.588. The van der Waals surface area contributed by atoms with E-state index in [9.17, 15) is 0 Å². The van der Waals surface area contributed by atoms with Crippen LogP contribution in [0, 0.1) is 0 Å². The standard InChI is InChI=1S/C58H46N2O/c1-3-16-39(17-4-1)45-25-13-18-41-19-14-27-51(57(41)45)48-23-8-10-29-53(48)59(43-34-32-40(33-35-43)46-26-15-28-52-50-24-9-12-31-56(50)61-58(46)52)44-36-37-49-47-22-7-11-30-54(47)60(55(49)38-44)42-20-5-2-6-21-42/h2,5-15,18-35,38-39H,1,3-4,16-17,36-37H2. The van der Waals surface area contributed by atoms with E-state index in [0.717, 1.165) is 51.6 Å². The van der Waals surface area contributed by atoms with Crippen molar-refractivity contribution in [3.8, 4) is 27.9 Å². The van der Waals surface area contributed by atoms with E-state index in [2.05, 4.69) is 191 Å². The Balaban J connectivity index is 1.06. The molecule has 3 heteroatoms. The Morgan fingerprint density at radius 2 is 1.21 bits per heavy atom. The normalized spacial score (nSPS) is 14.5. The lowest BCUT2D eigenvalue weighted by Gasteiger charge is -2.32. The van der Waals surface area contributed by atoms with Crippen molar-refractivity contribution in [2.24, 2.45) is 0 Å². The number of furan rings is 1. The van der Waals surface area contributed by atoms with Crippen molar-refractivity contribution in [3.63, 3.8) is 0 Å². The number of hydrogen-bond donors (Lipinski definition) is 0. The fourth-order valence-electron chi connectivity index (χ4n) is 10.7. The molecule has 294 valence electrons. The summed E-state index contributed by atoms with van der Waals surface area (Å²) in [6.45, 7) is 0. The average molecular weight is 787 g/mol. The monoisotopic (exact) mass is 786 g/mol. The number of aryl methyl sites for hydroxylation is 1. The molecule has 2 heterocycles. The summed E-state index contributed by atoms with van der Waals surface area (Å²) >= 11 is 0. The molecule has 0 bridgehead atoms. The van der Waals surface area contributed by atoms with Gasteiger partial charge >= 0.3 is 0 Å². The van der Waals surface area contributed by atoms with Gasteiger partial charge in [-0.2, -0.15) is 0 Å². The summed E-state index contributed by atoms with van der Waals surface area (Å²) in [6.07, 6.45) is 10.8. The molecule has 2 aliphatic rings. The Hall–Kier alpha value is -7.10. The number of hydrogen-bond acceptors (Lipinski definition) is 2. The van der Waals surface area contributed by atoms with Gasteiger partial charge in [0.15, 0.2) is 0 Å². The van der Waals surface area contributed by atoms with Crippen LogP contribution in [0.2, 0.25) is 0 Å². The van der Waals surface area contributed by atoms with E-state index >= 15 is 0 Å². The average Bonchev–Trinajstić information content (AvgIpc) is 3.88. The van der Waals surface area contributed by atoms with Crippen molar-refractivity contribution in [1.29, 1.82) is 0 Å². The van der Waals surface area contributed by atoms with Crippen molar-refractivity contribution in [2.45, 2.75) is 50.9 Å². The van der Waals surface area contributed by atoms with E-state index in [1.165, 1.54) is 98.8 Å². The zero-order chi connectivity index (χ0) is 40.3. The van der Waals surface area contributed by atoms with Crippen molar-refractivity contribution in [2.75, 3.05) is 4.90 Å². The van der Waals surface area contributed by atoms with E-state index in [1.807, 2.05) is 6.07 Å². The van der Waals surface area contributed by atoms with Crippen LogP contribution in [0.1, 0.15) is 61.3 Å². The summed E-state index contributed by atoms with van der Waals surface area (Å²) in [6, 6.07) is 66.8. The Bertz CT molecular complexity index is 3280. The fraction of sp³-hybridized carbons (Fsp3) is 0.138. The fourth-order valence-corrected chi connectivity index (χ4v) is 10.7. The quantitative estimate of drug-likeness (QED) is 0.160. The second-order valence-corrected chi connectivity index (χ2v) is 17.0. The second kappa shape index (κ2) is 14.9. The molecule has 0 saturated heterocycles. The molecule has 8 aromatic carbocycles. The lowest BCUT2D eigenvalue weighted by atomic mass is 9.80. The number of fused-ring (bicyclic) bond motifs is 7. The van der Waals surface area contributed by atoms with Crippen LogP contribution in [0.4, 0.5) is 11.4 Å². The van der Waals surface area contributed by atoms with E-state index in [4.69, 9.17) is 4.42 Å². The number of nitrogens with zero attached hydrogens (tertiary/aromatic N) is 2. The highest BCUT2D eigenvalue weighted by molar-refractivity contribution is 6.09. The summed E-state index contributed by atoms with van der Waals surface area (Å²) in [4.78, 5) is 2.55. The topological polar surface area (TPSA) is 21.3 Å². The summed E-state index contributed by atoms with van der Waals surface area (Å²) < 4.78 is 8.98. The first kappa shape index (κ1) is 35.8. The molecule has 1 saturated carbocycles. The molecule has 2 aliphatic carbocycles. The Morgan fingerprint density at radius 1 is 0.525 bits per heavy atom. The largest absolute Gasteiger partial charge is 0.455 e. The minimum absolute atomic E-state index is 0.588. The Labute approximate surface area is 356 Å². The van der Waals surface area contributed by atoms with Crippen molar-refractivity contribution in [1.82, 2.24) is 4.57 Å². The van der Waals surface area contributed by atoms with Crippen LogP contribution in [-0.4, -0.2) is 4.57 Å². The Kier molecular flexibility index (Phi) is 8.73. The first-order valence-corrected chi connectivity index (χ1v) is 22.1.